The molecular formula is C17H27NO. The van der Waals surface area contributed by atoms with Gasteiger partial charge in [-0.1, -0.05) is 44.2 Å². The Hall–Kier alpha value is -0.860. The van der Waals surface area contributed by atoms with Crippen LogP contribution in [0.15, 0.2) is 30.3 Å². The fourth-order valence-electron chi connectivity index (χ4n) is 3.21. The molecule has 0 aliphatic carbocycles. The molecule has 1 aliphatic heterocycles. The fourth-order valence-corrected chi connectivity index (χ4v) is 3.21. The van der Waals surface area contributed by atoms with Gasteiger partial charge in [0.25, 0.3) is 0 Å². The van der Waals surface area contributed by atoms with E-state index in [1.165, 1.54) is 18.4 Å². The maximum absolute atomic E-state index is 9.88. The molecule has 3 atom stereocenters. The van der Waals surface area contributed by atoms with E-state index in [4.69, 9.17) is 0 Å². The third kappa shape index (κ3) is 3.37. The predicted molar refractivity (Wildman–Crippen MR) is 80.3 cm³/mol. The maximum Gasteiger partial charge on any atom is 0.0537 e. The molecule has 1 aliphatic rings. The van der Waals surface area contributed by atoms with Gasteiger partial charge in [0.2, 0.25) is 0 Å². The van der Waals surface area contributed by atoms with Crippen LogP contribution in [0.4, 0.5) is 0 Å². The van der Waals surface area contributed by atoms with Crippen LogP contribution >= 0.6 is 0 Å². The van der Waals surface area contributed by atoms with Gasteiger partial charge < -0.3 is 5.11 Å². The van der Waals surface area contributed by atoms with Crippen LogP contribution in [0.2, 0.25) is 0 Å². The average Bonchev–Trinajstić information content (AvgIpc) is 2.43. The van der Waals surface area contributed by atoms with Gasteiger partial charge in [0.05, 0.1) is 6.61 Å². The van der Waals surface area contributed by atoms with E-state index in [2.05, 4.69) is 49.9 Å². The van der Waals surface area contributed by atoms with Crippen molar-refractivity contribution in [2.24, 2.45) is 5.92 Å². The van der Waals surface area contributed by atoms with Gasteiger partial charge in [0, 0.05) is 18.0 Å². The normalized spacial score (nSPS) is 28.0. The summed E-state index contributed by atoms with van der Waals surface area (Å²) in [5.74, 6) is 0.836. The van der Waals surface area contributed by atoms with Crippen LogP contribution in [0.3, 0.4) is 0 Å². The van der Waals surface area contributed by atoms with E-state index in [-0.39, 0.29) is 12.0 Å². The molecular weight excluding hydrogens is 234 g/mol. The molecule has 0 spiro atoms. The minimum atomic E-state index is -0.157. The maximum atomic E-state index is 9.88. The van der Waals surface area contributed by atoms with Crippen LogP contribution < -0.4 is 0 Å². The molecule has 3 unspecified atom stereocenters. The highest BCUT2D eigenvalue weighted by Gasteiger charge is 2.32. The van der Waals surface area contributed by atoms with Crippen molar-refractivity contribution < 1.29 is 5.11 Å². The number of benzene rings is 1. The second kappa shape index (κ2) is 6.06. The Morgan fingerprint density at radius 2 is 1.95 bits per heavy atom. The van der Waals surface area contributed by atoms with Crippen LogP contribution in [0.5, 0.6) is 0 Å². The molecule has 2 rings (SSSR count). The second-order valence-electron chi connectivity index (χ2n) is 6.53. The van der Waals surface area contributed by atoms with Crippen molar-refractivity contribution in [2.45, 2.75) is 45.1 Å². The molecule has 0 radical (unpaired) electrons. The lowest BCUT2D eigenvalue weighted by atomic mass is 9.81. The summed E-state index contributed by atoms with van der Waals surface area (Å²) < 4.78 is 0. The minimum absolute atomic E-state index is 0.157. The monoisotopic (exact) mass is 261 g/mol. The van der Waals surface area contributed by atoms with Crippen molar-refractivity contribution in [1.29, 1.82) is 0 Å². The fraction of sp³-hybridized carbons (Fsp3) is 0.647. The molecule has 0 bridgehead atoms. The largest absolute Gasteiger partial charge is 0.395 e. The number of aliphatic hydroxyl groups is 1. The molecule has 106 valence electrons. The van der Waals surface area contributed by atoms with Crippen molar-refractivity contribution in [3.8, 4) is 0 Å². The number of hydrogen-bond donors (Lipinski definition) is 1. The molecule has 2 heteroatoms. The molecule has 0 amide bonds. The zero-order valence-electron chi connectivity index (χ0n) is 12.5. The molecule has 1 heterocycles. The molecule has 2 nitrogen and oxygen atoms in total. The predicted octanol–water partition coefficient (Wildman–Crippen LogP) is 3.06. The zero-order chi connectivity index (χ0) is 13.9. The Balaban J connectivity index is 2.10. The van der Waals surface area contributed by atoms with Gasteiger partial charge in [0.1, 0.15) is 0 Å². The van der Waals surface area contributed by atoms with E-state index in [1.807, 2.05) is 6.07 Å². The van der Waals surface area contributed by atoms with E-state index in [1.54, 1.807) is 0 Å². The highest BCUT2D eigenvalue weighted by molar-refractivity contribution is 5.25. The van der Waals surface area contributed by atoms with Gasteiger partial charge in [-0.25, -0.2) is 0 Å². The van der Waals surface area contributed by atoms with E-state index in [0.717, 1.165) is 19.0 Å². The topological polar surface area (TPSA) is 23.5 Å². The highest BCUT2D eigenvalue weighted by atomic mass is 16.3. The van der Waals surface area contributed by atoms with Gasteiger partial charge >= 0.3 is 0 Å². The van der Waals surface area contributed by atoms with Gasteiger partial charge in [-0.15, -0.1) is 0 Å². The third-order valence-electron chi connectivity index (χ3n) is 4.65. The van der Waals surface area contributed by atoms with Crippen LogP contribution in [-0.2, 0) is 5.41 Å². The molecule has 1 fully saturated rings. The summed E-state index contributed by atoms with van der Waals surface area (Å²) in [4.78, 5) is 2.54. The Kier molecular flexibility index (Phi) is 4.64. The van der Waals surface area contributed by atoms with E-state index in [9.17, 15) is 5.11 Å². The van der Waals surface area contributed by atoms with Crippen LogP contribution in [0, 0.1) is 5.92 Å². The van der Waals surface area contributed by atoms with Crippen molar-refractivity contribution in [1.82, 2.24) is 4.90 Å². The van der Waals surface area contributed by atoms with Crippen LogP contribution in [0.25, 0.3) is 0 Å². The molecule has 1 aromatic carbocycles. The number of piperidine rings is 1. The van der Waals surface area contributed by atoms with Gasteiger partial charge in [-0.05, 0) is 37.8 Å². The summed E-state index contributed by atoms with van der Waals surface area (Å²) in [6, 6.07) is 11.0. The van der Waals surface area contributed by atoms with E-state index >= 15 is 0 Å². The lowest BCUT2D eigenvalue weighted by Gasteiger charge is -2.42. The average molecular weight is 261 g/mol. The van der Waals surface area contributed by atoms with Crippen molar-refractivity contribution in [2.75, 3.05) is 19.7 Å². The summed E-state index contributed by atoms with van der Waals surface area (Å²) in [5.41, 5.74) is 1.08. The molecule has 1 N–H and O–H groups in total. The van der Waals surface area contributed by atoms with Gasteiger partial charge in [-0.2, -0.15) is 0 Å². The minimum Gasteiger partial charge on any atom is -0.395 e. The van der Waals surface area contributed by atoms with E-state index < -0.39 is 0 Å². The number of rotatable bonds is 4. The summed E-state index contributed by atoms with van der Waals surface area (Å²) in [6.07, 6.45) is 2.55. The first-order valence-electron chi connectivity index (χ1n) is 7.45. The van der Waals surface area contributed by atoms with Crippen molar-refractivity contribution in [3.63, 3.8) is 0 Å². The highest BCUT2D eigenvalue weighted by Crippen LogP contribution is 2.29. The lowest BCUT2D eigenvalue weighted by Crippen LogP contribution is -2.48. The number of likely N-dealkylation sites (tertiary alicyclic amines) is 1. The van der Waals surface area contributed by atoms with Crippen LogP contribution in [-0.4, -0.2) is 35.7 Å². The summed E-state index contributed by atoms with van der Waals surface area (Å²) >= 11 is 0. The smallest absolute Gasteiger partial charge is 0.0537 e. The first-order valence-corrected chi connectivity index (χ1v) is 7.45. The first-order chi connectivity index (χ1) is 9.05. The Labute approximate surface area is 117 Å². The number of hydrogen-bond acceptors (Lipinski definition) is 2. The molecule has 1 aromatic rings. The second-order valence-corrected chi connectivity index (χ2v) is 6.53. The van der Waals surface area contributed by atoms with Crippen molar-refractivity contribution >= 4 is 0 Å². The number of aliphatic hydroxyl groups excluding tert-OH is 1. The summed E-state index contributed by atoms with van der Waals surface area (Å²) in [7, 11) is 0. The molecule has 0 saturated carbocycles. The third-order valence-corrected chi connectivity index (χ3v) is 4.65. The SMILES string of the molecule is CC1CCN(CC(C)(CO)c2ccccc2)C(C)C1. The van der Waals surface area contributed by atoms with Crippen molar-refractivity contribution in [3.05, 3.63) is 35.9 Å². The lowest BCUT2D eigenvalue weighted by molar-refractivity contribution is 0.0794. The van der Waals surface area contributed by atoms with Gasteiger partial charge in [0.15, 0.2) is 0 Å². The standard InChI is InChI=1S/C17H27NO/c1-14-9-10-18(15(2)11-14)12-17(3,13-19)16-7-5-4-6-8-16/h4-8,14-15,19H,9-13H2,1-3H3. The summed E-state index contributed by atoms with van der Waals surface area (Å²) in [5, 5.41) is 9.88. The Morgan fingerprint density at radius 1 is 1.26 bits per heavy atom. The van der Waals surface area contributed by atoms with Crippen LogP contribution in [0.1, 0.15) is 39.2 Å². The molecule has 19 heavy (non-hydrogen) atoms. The zero-order valence-corrected chi connectivity index (χ0v) is 12.5. The summed E-state index contributed by atoms with van der Waals surface area (Å²) in [6.45, 7) is 9.14. The number of nitrogens with zero attached hydrogens (tertiary/aromatic N) is 1. The van der Waals surface area contributed by atoms with E-state index in [0.29, 0.717) is 6.04 Å². The molecule has 1 saturated heterocycles. The van der Waals surface area contributed by atoms with Gasteiger partial charge in [-0.3, -0.25) is 4.90 Å². The first kappa shape index (κ1) is 14.5. The Bertz CT molecular complexity index is 392. The quantitative estimate of drug-likeness (QED) is 0.900. The molecule has 0 aromatic heterocycles. The Morgan fingerprint density at radius 3 is 2.53 bits per heavy atom.